The van der Waals surface area contributed by atoms with Crippen molar-refractivity contribution in [2.24, 2.45) is 5.92 Å². The van der Waals surface area contributed by atoms with Crippen LogP contribution in [0.5, 0.6) is 0 Å². The molecule has 0 spiro atoms. The van der Waals surface area contributed by atoms with Crippen LogP contribution >= 0.6 is 0 Å². The van der Waals surface area contributed by atoms with Gasteiger partial charge in [0, 0.05) is 12.6 Å². The van der Waals surface area contributed by atoms with E-state index in [4.69, 9.17) is 0 Å². The zero-order chi connectivity index (χ0) is 15.7. The Hall–Kier alpha value is -1.11. The van der Waals surface area contributed by atoms with Crippen molar-refractivity contribution in [2.75, 3.05) is 0 Å². The van der Waals surface area contributed by atoms with Crippen LogP contribution in [0.4, 0.5) is 13.2 Å². The molecule has 22 heavy (non-hydrogen) atoms. The highest BCUT2D eigenvalue weighted by Crippen LogP contribution is 2.40. The van der Waals surface area contributed by atoms with Gasteiger partial charge in [0.05, 0.1) is 6.54 Å². The van der Waals surface area contributed by atoms with Crippen LogP contribution in [0.3, 0.4) is 0 Å². The van der Waals surface area contributed by atoms with E-state index in [9.17, 15) is 13.2 Å². The lowest BCUT2D eigenvalue weighted by atomic mass is 9.98. The van der Waals surface area contributed by atoms with Crippen molar-refractivity contribution in [3.63, 3.8) is 0 Å². The van der Waals surface area contributed by atoms with E-state index in [-0.39, 0.29) is 12.2 Å². The number of hydrogen-bond acceptors (Lipinski definition) is 3. The van der Waals surface area contributed by atoms with Crippen molar-refractivity contribution >= 4 is 0 Å². The van der Waals surface area contributed by atoms with Crippen LogP contribution in [0.15, 0.2) is 0 Å². The second-order valence-electron chi connectivity index (χ2n) is 6.53. The molecule has 3 atom stereocenters. The van der Waals surface area contributed by atoms with Gasteiger partial charge in [-0.2, -0.15) is 13.2 Å². The van der Waals surface area contributed by atoms with E-state index < -0.39 is 12.1 Å². The Kier molecular flexibility index (Phi) is 4.43. The van der Waals surface area contributed by atoms with E-state index in [0.29, 0.717) is 31.4 Å². The minimum atomic E-state index is -4.23. The lowest BCUT2D eigenvalue weighted by molar-refractivity contribution is -0.156. The summed E-state index contributed by atoms with van der Waals surface area (Å²) in [6.45, 7) is 3.31. The first-order valence-corrected chi connectivity index (χ1v) is 8.21. The van der Waals surface area contributed by atoms with E-state index in [2.05, 4.69) is 22.4 Å². The van der Waals surface area contributed by atoms with Crippen LogP contribution in [0.25, 0.3) is 0 Å². The van der Waals surface area contributed by atoms with Gasteiger partial charge in [-0.15, -0.1) is 10.2 Å². The summed E-state index contributed by atoms with van der Waals surface area (Å²) in [5.41, 5.74) is 0. The molecule has 2 aliphatic rings. The Balaban J connectivity index is 1.65. The summed E-state index contributed by atoms with van der Waals surface area (Å²) in [5, 5.41) is 11.3. The maximum atomic E-state index is 13.0. The molecular formula is C15H23F3N4. The lowest BCUT2D eigenvalue weighted by Gasteiger charge is -2.25. The molecule has 0 bridgehead atoms. The van der Waals surface area contributed by atoms with Crippen molar-refractivity contribution in [3.8, 4) is 0 Å². The Morgan fingerprint density at radius 1 is 1.23 bits per heavy atom. The smallest absolute Gasteiger partial charge is 0.313 e. The first-order chi connectivity index (χ1) is 10.5. The van der Waals surface area contributed by atoms with Gasteiger partial charge in [0.15, 0.2) is 0 Å². The molecule has 0 radical (unpaired) electrons. The first-order valence-electron chi connectivity index (χ1n) is 8.21. The van der Waals surface area contributed by atoms with Crippen LogP contribution in [-0.2, 0) is 13.1 Å². The molecule has 4 nitrogen and oxygen atoms in total. The number of rotatable bonds is 4. The molecule has 2 heterocycles. The number of alkyl halides is 3. The third-order valence-electron chi connectivity index (χ3n) is 5.10. The molecule has 0 saturated heterocycles. The third kappa shape index (κ3) is 3.14. The van der Waals surface area contributed by atoms with Gasteiger partial charge < -0.3 is 9.88 Å². The molecule has 1 fully saturated rings. The molecule has 1 aromatic rings. The van der Waals surface area contributed by atoms with Gasteiger partial charge in [-0.1, -0.05) is 13.3 Å². The van der Waals surface area contributed by atoms with Crippen molar-refractivity contribution in [1.29, 1.82) is 0 Å². The highest BCUT2D eigenvalue weighted by molar-refractivity contribution is 5.08. The van der Waals surface area contributed by atoms with E-state index in [1.807, 2.05) is 0 Å². The van der Waals surface area contributed by atoms with Crippen LogP contribution < -0.4 is 5.32 Å². The summed E-state index contributed by atoms with van der Waals surface area (Å²) >= 11 is 0. The third-order valence-corrected chi connectivity index (χ3v) is 5.10. The number of hydrogen-bond donors (Lipinski definition) is 1. The molecular weight excluding hydrogens is 293 g/mol. The lowest BCUT2D eigenvalue weighted by Crippen LogP contribution is -2.31. The Morgan fingerprint density at radius 2 is 2.05 bits per heavy atom. The van der Waals surface area contributed by atoms with E-state index in [1.165, 1.54) is 12.8 Å². The molecule has 1 saturated carbocycles. The highest BCUT2D eigenvalue weighted by atomic mass is 19.4. The Bertz CT molecular complexity index is 511. The average Bonchev–Trinajstić information content (AvgIpc) is 3.10. The fourth-order valence-electron chi connectivity index (χ4n) is 3.74. The van der Waals surface area contributed by atoms with Crippen molar-refractivity contribution < 1.29 is 13.2 Å². The van der Waals surface area contributed by atoms with Crippen LogP contribution in [-0.4, -0.2) is 27.0 Å². The zero-order valence-corrected chi connectivity index (χ0v) is 12.9. The second-order valence-corrected chi connectivity index (χ2v) is 6.53. The van der Waals surface area contributed by atoms with E-state index in [0.717, 1.165) is 18.8 Å². The van der Waals surface area contributed by atoms with Gasteiger partial charge in [-0.25, -0.2) is 0 Å². The van der Waals surface area contributed by atoms with Crippen molar-refractivity contribution in [3.05, 3.63) is 11.6 Å². The van der Waals surface area contributed by atoms with Gasteiger partial charge >= 0.3 is 6.18 Å². The molecule has 124 valence electrons. The fraction of sp³-hybridized carbons (Fsp3) is 0.867. The predicted octanol–water partition coefficient (Wildman–Crippen LogP) is 3.39. The molecule has 1 N–H and O–H groups in total. The summed E-state index contributed by atoms with van der Waals surface area (Å²) in [4.78, 5) is 0. The topological polar surface area (TPSA) is 42.7 Å². The van der Waals surface area contributed by atoms with E-state index >= 15 is 0 Å². The maximum Gasteiger partial charge on any atom is 0.398 e. The van der Waals surface area contributed by atoms with Crippen LogP contribution in [0.1, 0.15) is 63.0 Å². The number of nitrogens with one attached hydrogen (secondary N) is 1. The molecule has 1 aliphatic heterocycles. The quantitative estimate of drug-likeness (QED) is 0.926. The summed E-state index contributed by atoms with van der Waals surface area (Å²) in [6.07, 6.45) is 1.16. The monoisotopic (exact) mass is 316 g/mol. The number of fused-ring (bicyclic) bond motifs is 1. The largest absolute Gasteiger partial charge is 0.398 e. The Labute approximate surface area is 128 Å². The summed E-state index contributed by atoms with van der Waals surface area (Å²) in [5.74, 6) is 0.0511. The molecule has 1 aromatic heterocycles. The van der Waals surface area contributed by atoms with Gasteiger partial charge in [-0.05, 0) is 38.0 Å². The number of nitrogens with zero attached hydrogens (tertiary/aromatic N) is 3. The fourth-order valence-corrected chi connectivity index (χ4v) is 3.74. The predicted molar refractivity (Wildman–Crippen MR) is 76.3 cm³/mol. The van der Waals surface area contributed by atoms with Crippen molar-refractivity contribution in [2.45, 2.75) is 76.7 Å². The molecule has 0 aromatic carbocycles. The number of halogens is 3. The maximum absolute atomic E-state index is 13.0. The van der Waals surface area contributed by atoms with Gasteiger partial charge in [0.25, 0.3) is 0 Å². The highest BCUT2D eigenvalue weighted by Gasteiger charge is 2.45. The second kappa shape index (κ2) is 6.18. The van der Waals surface area contributed by atoms with Gasteiger partial charge in [0.2, 0.25) is 0 Å². The number of aromatic nitrogens is 3. The molecule has 3 rings (SSSR count). The van der Waals surface area contributed by atoms with E-state index in [1.54, 1.807) is 4.57 Å². The molecule has 3 unspecified atom stereocenters. The normalized spacial score (nSPS) is 28.8. The Morgan fingerprint density at radius 3 is 2.73 bits per heavy atom. The summed E-state index contributed by atoms with van der Waals surface area (Å²) < 4.78 is 40.8. The van der Waals surface area contributed by atoms with Crippen LogP contribution in [0, 0.1) is 5.92 Å². The molecule has 7 heteroatoms. The minimum Gasteiger partial charge on any atom is -0.313 e. The van der Waals surface area contributed by atoms with Gasteiger partial charge in [0.1, 0.15) is 17.6 Å². The summed E-state index contributed by atoms with van der Waals surface area (Å²) in [6, 6.07) is 0.458. The van der Waals surface area contributed by atoms with Gasteiger partial charge in [-0.3, -0.25) is 0 Å². The zero-order valence-electron chi connectivity index (χ0n) is 12.9. The first kappa shape index (κ1) is 15.8. The minimum absolute atomic E-state index is 0.0911. The average molecular weight is 316 g/mol. The van der Waals surface area contributed by atoms with Crippen LogP contribution in [0.2, 0.25) is 0 Å². The standard InChI is InChI=1S/C15H23F3N4/c1-2-10-5-6-11(8-10)19-9-13-20-21-14-12(15(16,17)18)4-3-7-22(13)14/h10-12,19H,2-9H2,1H3. The summed E-state index contributed by atoms with van der Waals surface area (Å²) in [7, 11) is 0. The SMILES string of the molecule is CCC1CCC(NCc2nnc3n2CCCC3C(F)(F)F)C1. The molecule has 0 amide bonds. The van der Waals surface area contributed by atoms with Crippen molar-refractivity contribution in [1.82, 2.24) is 20.1 Å². The molecule has 1 aliphatic carbocycles.